The van der Waals surface area contributed by atoms with Gasteiger partial charge in [0.25, 0.3) is 0 Å². The monoisotopic (exact) mass is 313 g/mol. The van der Waals surface area contributed by atoms with E-state index in [-0.39, 0.29) is 5.02 Å². The molecular weight excluding hydrogens is 299 g/mol. The SMILES string of the molecule is CCc1ccccc1CNc1ccc(Cl)c(C(F)(F)F)c1. The van der Waals surface area contributed by atoms with Gasteiger partial charge in [-0.05, 0) is 35.7 Å². The van der Waals surface area contributed by atoms with Gasteiger partial charge >= 0.3 is 6.18 Å². The minimum Gasteiger partial charge on any atom is -0.381 e. The second-order valence-corrected chi connectivity index (χ2v) is 5.08. The van der Waals surface area contributed by atoms with E-state index in [1.165, 1.54) is 11.6 Å². The van der Waals surface area contributed by atoms with Crippen molar-refractivity contribution >= 4 is 17.3 Å². The summed E-state index contributed by atoms with van der Waals surface area (Å²) in [5, 5.41) is 2.73. The first-order valence-corrected chi connectivity index (χ1v) is 6.97. The Morgan fingerprint density at radius 1 is 1.05 bits per heavy atom. The summed E-state index contributed by atoms with van der Waals surface area (Å²) >= 11 is 5.60. The van der Waals surface area contributed by atoms with Crippen molar-refractivity contribution < 1.29 is 13.2 Å². The van der Waals surface area contributed by atoms with Gasteiger partial charge in [-0.2, -0.15) is 13.2 Å². The predicted octanol–water partition coefficient (Wildman–Crippen LogP) is 5.53. The molecule has 2 rings (SSSR count). The van der Waals surface area contributed by atoms with Gasteiger partial charge in [0, 0.05) is 12.2 Å². The number of hydrogen-bond acceptors (Lipinski definition) is 1. The fraction of sp³-hybridized carbons (Fsp3) is 0.250. The summed E-state index contributed by atoms with van der Waals surface area (Å²) in [6, 6.07) is 11.7. The molecule has 1 nitrogen and oxygen atoms in total. The van der Waals surface area contributed by atoms with E-state index in [0.29, 0.717) is 12.2 Å². The largest absolute Gasteiger partial charge is 0.417 e. The lowest BCUT2D eigenvalue weighted by atomic mass is 10.1. The van der Waals surface area contributed by atoms with Crippen molar-refractivity contribution in [3.63, 3.8) is 0 Å². The molecule has 0 aromatic heterocycles. The van der Waals surface area contributed by atoms with Crippen molar-refractivity contribution in [2.24, 2.45) is 0 Å². The fourth-order valence-electron chi connectivity index (χ4n) is 2.12. The molecule has 0 unspecified atom stereocenters. The van der Waals surface area contributed by atoms with E-state index >= 15 is 0 Å². The van der Waals surface area contributed by atoms with Crippen LogP contribution in [-0.4, -0.2) is 0 Å². The highest BCUT2D eigenvalue weighted by atomic mass is 35.5. The average molecular weight is 314 g/mol. The van der Waals surface area contributed by atoms with Gasteiger partial charge in [-0.25, -0.2) is 0 Å². The maximum Gasteiger partial charge on any atom is 0.417 e. The zero-order valence-corrected chi connectivity index (χ0v) is 12.2. The van der Waals surface area contributed by atoms with Crippen LogP contribution in [0.15, 0.2) is 42.5 Å². The highest BCUT2D eigenvalue weighted by Crippen LogP contribution is 2.36. The summed E-state index contributed by atoms with van der Waals surface area (Å²) < 4.78 is 38.4. The van der Waals surface area contributed by atoms with Crippen LogP contribution in [-0.2, 0) is 19.1 Å². The van der Waals surface area contributed by atoms with Gasteiger partial charge in [0.05, 0.1) is 10.6 Å². The number of anilines is 1. The van der Waals surface area contributed by atoms with Crippen molar-refractivity contribution in [2.45, 2.75) is 26.1 Å². The molecule has 0 radical (unpaired) electrons. The summed E-state index contributed by atoms with van der Waals surface area (Å²) in [5.74, 6) is 0. The minimum absolute atomic E-state index is 0.290. The van der Waals surface area contributed by atoms with Crippen molar-refractivity contribution in [3.8, 4) is 0 Å². The van der Waals surface area contributed by atoms with Crippen LogP contribution in [0, 0.1) is 0 Å². The predicted molar refractivity (Wildman–Crippen MR) is 79.6 cm³/mol. The van der Waals surface area contributed by atoms with Gasteiger partial charge < -0.3 is 5.32 Å². The molecule has 0 saturated carbocycles. The van der Waals surface area contributed by atoms with E-state index in [0.717, 1.165) is 18.1 Å². The molecule has 0 amide bonds. The number of halogens is 4. The Morgan fingerprint density at radius 2 is 1.71 bits per heavy atom. The molecule has 0 aliphatic rings. The molecule has 0 heterocycles. The third kappa shape index (κ3) is 3.91. The van der Waals surface area contributed by atoms with Crippen LogP contribution in [0.5, 0.6) is 0 Å². The number of nitrogens with one attached hydrogen (secondary N) is 1. The van der Waals surface area contributed by atoms with Crippen LogP contribution >= 0.6 is 11.6 Å². The van der Waals surface area contributed by atoms with Gasteiger partial charge in [0.2, 0.25) is 0 Å². The van der Waals surface area contributed by atoms with Gasteiger partial charge in [-0.1, -0.05) is 42.8 Å². The molecule has 0 spiro atoms. The van der Waals surface area contributed by atoms with Crippen LogP contribution in [0.4, 0.5) is 18.9 Å². The Bertz CT molecular complexity index is 623. The summed E-state index contributed by atoms with van der Waals surface area (Å²) in [4.78, 5) is 0. The van der Waals surface area contributed by atoms with E-state index < -0.39 is 11.7 Å². The molecule has 0 aliphatic carbocycles. The summed E-state index contributed by atoms with van der Waals surface area (Å²) in [5.41, 5.74) is 1.83. The van der Waals surface area contributed by atoms with Gasteiger partial charge in [0.1, 0.15) is 0 Å². The zero-order chi connectivity index (χ0) is 15.5. The van der Waals surface area contributed by atoms with Crippen LogP contribution in [0.2, 0.25) is 5.02 Å². The van der Waals surface area contributed by atoms with Gasteiger partial charge in [0.15, 0.2) is 0 Å². The first-order chi connectivity index (χ1) is 9.91. The summed E-state index contributed by atoms with van der Waals surface area (Å²) in [7, 11) is 0. The maximum atomic E-state index is 12.8. The molecule has 2 aromatic carbocycles. The molecule has 21 heavy (non-hydrogen) atoms. The van der Waals surface area contributed by atoms with E-state index in [1.807, 2.05) is 31.2 Å². The van der Waals surface area contributed by atoms with Crippen LogP contribution in [0.3, 0.4) is 0 Å². The lowest BCUT2D eigenvalue weighted by Gasteiger charge is -2.13. The Labute approximate surface area is 126 Å². The Hall–Kier alpha value is -1.68. The van der Waals surface area contributed by atoms with Crippen molar-refractivity contribution in [3.05, 3.63) is 64.2 Å². The molecule has 0 bridgehead atoms. The quantitative estimate of drug-likeness (QED) is 0.782. The minimum atomic E-state index is -4.45. The number of aryl methyl sites for hydroxylation is 1. The average Bonchev–Trinajstić information content (AvgIpc) is 2.45. The van der Waals surface area contributed by atoms with Crippen LogP contribution in [0.1, 0.15) is 23.6 Å². The topological polar surface area (TPSA) is 12.0 Å². The molecular formula is C16H15ClF3N. The Morgan fingerprint density at radius 3 is 2.33 bits per heavy atom. The van der Waals surface area contributed by atoms with E-state index in [4.69, 9.17) is 11.6 Å². The summed E-state index contributed by atoms with van der Waals surface area (Å²) in [6.45, 7) is 2.52. The third-order valence-electron chi connectivity index (χ3n) is 3.25. The van der Waals surface area contributed by atoms with Crippen LogP contribution < -0.4 is 5.32 Å². The van der Waals surface area contributed by atoms with E-state index in [9.17, 15) is 13.2 Å². The molecule has 0 aliphatic heterocycles. The first kappa shape index (κ1) is 15.7. The third-order valence-corrected chi connectivity index (χ3v) is 3.58. The number of benzene rings is 2. The fourth-order valence-corrected chi connectivity index (χ4v) is 2.35. The smallest absolute Gasteiger partial charge is 0.381 e. The second-order valence-electron chi connectivity index (χ2n) is 4.67. The van der Waals surface area contributed by atoms with Crippen molar-refractivity contribution in [2.75, 3.05) is 5.32 Å². The molecule has 5 heteroatoms. The first-order valence-electron chi connectivity index (χ1n) is 6.59. The molecule has 0 saturated heterocycles. The van der Waals surface area contributed by atoms with Crippen molar-refractivity contribution in [1.29, 1.82) is 0 Å². The molecule has 0 atom stereocenters. The zero-order valence-electron chi connectivity index (χ0n) is 11.5. The maximum absolute atomic E-state index is 12.8. The number of alkyl halides is 3. The van der Waals surface area contributed by atoms with Gasteiger partial charge in [-0.15, -0.1) is 0 Å². The second kappa shape index (κ2) is 6.39. The van der Waals surface area contributed by atoms with E-state index in [2.05, 4.69) is 5.32 Å². The summed E-state index contributed by atoms with van der Waals surface area (Å²) in [6.07, 6.45) is -3.57. The molecule has 2 aromatic rings. The molecule has 112 valence electrons. The standard InChI is InChI=1S/C16H15ClF3N/c1-2-11-5-3-4-6-12(11)10-21-13-7-8-15(17)14(9-13)16(18,19)20/h3-9,21H,2,10H2,1H3. The lowest BCUT2D eigenvalue weighted by Crippen LogP contribution is -2.08. The highest BCUT2D eigenvalue weighted by molar-refractivity contribution is 6.31. The Balaban J connectivity index is 2.17. The van der Waals surface area contributed by atoms with Gasteiger partial charge in [-0.3, -0.25) is 0 Å². The lowest BCUT2D eigenvalue weighted by molar-refractivity contribution is -0.137. The van der Waals surface area contributed by atoms with E-state index in [1.54, 1.807) is 6.07 Å². The van der Waals surface area contributed by atoms with Crippen molar-refractivity contribution in [1.82, 2.24) is 0 Å². The number of hydrogen-bond donors (Lipinski definition) is 1. The Kier molecular flexibility index (Phi) is 4.78. The molecule has 0 fully saturated rings. The molecule has 1 N–H and O–H groups in total. The van der Waals surface area contributed by atoms with Crippen LogP contribution in [0.25, 0.3) is 0 Å². The highest BCUT2D eigenvalue weighted by Gasteiger charge is 2.33. The number of rotatable bonds is 4. The normalized spacial score (nSPS) is 11.5.